The van der Waals surface area contributed by atoms with Crippen molar-refractivity contribution in [3.63, 3.8) is 0 Å². The third-order valence-electron chi connectivity index (χ3n) is 4.22. The molecule has 0 atom stereocenters. The predicted octanol–water partition coefficient (Wildman–Crippen LogP) is 3.66. The van der Waals surface area contributed by atoms with Crippen molar-refractivity contribution in [3.05, 3.63) is 58.6 Å². The van der Waals surface area contributed by atoms with Crippen LogP contribution in [0.25, 0.3) is 11.1 Å². The minimum Gasteiger partial charge on any atom is -0.464 e. The standard InChI is InChI=1S/C22H24BrNO5/c1-4-28-20(26)22(24-15(3)25,21(27)29-5-2)14-16-9-8-10-17(13-16)18-11-6-7-12-19(18)23/h6-13H,4-5,14H2,1-3H3,(H,24,25). The Labute approximate surface area is 178 Å². The molecule has 1 amide bonds. The SMILES string of the molecule is CCOC(=O)C(Cc1cccc(-c2ccccc2Br)c1)(NC(C)=O)C(=O)OCC. The van der Waals surface area contributed by atoms with E-state index in [-0.39, 0.29) is 19.6 Å². The quantitative estimate of drug-likeness (QED) is 0.479. The molecule has 29 heavy (non-hydrogen) atoms. The van der Waals surface area contributed by atoms with Crippen molar-refractivity contribution in [1.29, 1.82) is 0 Å². The molecule has 1 N–H and O–H groups in total. The summed E-state index contributed by atoms with van der Waals surface area (Å²) in [7, 11) is 0. The van der Waals surface area contributed by atoms with E-state index in [2.05, 4.69) is 21.2 Å². The Kier molecular flexibility index (Phi) is 7.96. The second-order valence-corrected chi connectivity index (χ2v) is 7.24. The van der Waals surface area contributed by atoms with Crippen molar-refractivity contribution in [2.24, 2.45) is 0 Å². The Morgan fingerprint density at radius 1 is 0.966 bits per heavy atom. The highest BCUT2D eigenvalue weighted by Gasteiger charge is 2.50. The van der Waals surface area contributed by atoms with Crippen LogP contribution in [0.15, 0.2) is 53.0 Å². The first kappa shape index (κ1) is 22.6. The molecule has 154 valence electrons. The zero-order valence-corrected chi connectivity index (χ0v) is 18.2. The molecule has 0 spiro atoms. The van der Waals surface area contributed by atoms with Crippen LogP contribution in [0.2, 0.25) is 0 Å². The van der Waals surface area contributed by atoms with E-state index in [0.29, 0.717) is 5.56 Å². The molecule has 0 aromatic heterocycles. The van der Waals surface area contributed by atoms with Crippen LogP contribution in [-0.4, -0.2) is 36.6 Å². The average molecular weight is 462 g/mol. The van der Waals surface area contributed by atoms with Crippen LogP contribution in [0.3, 0.4) is 0 Å². The summed E-state index contributed by atoms with van der Waals surface area (Å²) in [6, 6.07) is 15.1. The molecule has 0 saturated carbocycles. The Morgan fingerprint density at radius 2 is 1.59 bits per heavy atom. The summed E-state index contributed by atoms with van der Waals surface area (Å²) in [4.78, 5) is 37.4. The van der Waals surface area contributed by atoms with Gasteiger partial charge in [0.2, 0.25) is 11.4 Å². The predicted molar refractivity (Wildman–Crippen MR) is 113 cm³/mol. The summed E-state index contributed by atoms with van der Waals surface area (Å²) in [6.45, 7) is 4.64. The number of ether oxygens (including phenoxy) is 2. The van der Waals surface area contributed by atoms with Crippen molar-refractivity contribution in [2.75, 3.05) is 13.2 Å². The Hall–Kier alpha value is -2.67. The Morgan fingerprint density at radius 3 is 2.14 bits per heavy atom. The molecular weight excluding hydrogens is 438 g/mol. The highest BCUT2D eigenvalue weighted by atomic mass is 79.9. The van der Waals surface area contributed by atoms with Crippen LogP contribution in [0.5, 0.6) is 0 Å². The first-order valence-electron chi connectivity index (χ1n) is 9.31. The lowest BCUT2D eigenvalue weighted by atomic mass is 9.89. The molecule has 0 bridgehead atoms. The lowest BCUT2D eigenvalue weighted by molar-refractivity contribution is -0.168. The van der Waals surface area contributed by atoms with E-state index < -0.39 is 23.4 Å². The summed E-state index contributed by atoms with van der Waals surface area (Å²) in [5.74, 6) is -2.23. The molecule has 0 unspecified atom stereocenters. The lowest BCUT2D eigenvalue weighted by Crippen LogP contribution is -2.62. The minimum absolute atomic E-state index is 0.0660. The van der Waals surface area contributed by atoms with Crippen molar-refractivity contribution in [3.8, 4) is 11.1 Å². The number of hydrogen-bond donors (Lipinski definition) is 1. The summed E-state index contributed by atoms with van der Waals surface area (Å²) < 4.78 is 11.2. The maximum Gasteiger partial charge on any atom is 0.344 e. The van der Waals surface area contributed by atoms with Crippen LogP contribution < -0.4 is 5.32 Å². The van der Waals surface area contributed by atoms with Gasteiger partial charge in [-0.05, 0) is 36.6 Å². The van der Waals surface area contributed by atoms with E-state index in [1.165, 1.54) is 6.92 Å². The number of esters is 2. The highest BCUT2D eigenvalue weighted by molar-refractivity contribution is 9.10. The fourth-order valence-electron chi connectivity index (χ4n) is 3.03. The second-order valence-electron chi connectivity index (χ2n) is 6.38. The number of carbonyl (C=O) groups is 3. The van der Waals surface area contributed by atoms with Crippen LogP contribution in [0.4, 0.5) is 0 Å². The number of benzene rings is 2. The van der Waals surface area contributed by atoms with Crippen molar-refractivity contribution < 1.29 is 23.9 Å². The third-order valence-corrected chi connectivity index (χ3v) is 4.91. The molecule has 2 rings (SSSR count). The first-order chi connectivity index (χ1) is 13.8. The zero-order chi connectivity index (χ0) is 21.4. The van der Waals surface area contributed by atoms with Crippen molar-refractivity contribution in [2.45, 2.75) is 32.7 Å². The van der Waals surface area contributed by atoms with Gasteiger partial charge in [-0.25, -0.2) is 9.59 Å². The zero-order valence-electron chi connectivity index (χ0n) is 16.7. The molecule has 6 nitrogen and oxygen atoms in total. The van der Waals surface area contributed by atoms with Crippen molar-refractivity contribution in [1.82, 2.24) is 5.32 Å². The van der Waals surface area contributed by atoms with Gasteiger partial charge in [0.1, 0.15) is 0 Å². The highest BCUT2D eigenvalue weighted by Crippen LogP contribution is 2.29. The van der Waals surface area contributed by atoms with Gasteiger partial charge < -0.3 is 14.8 Å². The van der Waals surface area contributed by atoms with Gasteiger partial charge in [0.05, 0.1) is 13.2 Å². The van der Waals surface area contributed by atoms with Crippen molar-refractivity contribution >= 4 is 33.8 Å². The number of amides is 1. The van der Waals surface area contributed by atoms with Crippen LogP contribution >= 0.6 is 15.9 Å². The molecule has 0 aliphatic heterocycles. The lowest BCUT2D eigenvalue weighted by Gasteiger charge is -2.30. The van der Waals surface area contributed by atoms with E-state index in [0.717, 1.165) is 15.6 Å². The minimum atomic E-state index is -1.95. The largest absolute Gasteiger partial charge is 0.464 e. The topological polar surface area (TPSA) is 81.7 Å². The smallest absolute Gasteiger partial charge is 0.344 e. The number of rotatable bonds is 8. The van der Waals surface area contributed by atoms with Gasteiger partial charge in [-0.2, -0.15) is 0 Å². The van der Waals surface area contributed by atoms with Gasteiger partial charge in [-0.15, -0.1) is 0 Å². The monoisotopic (exact) mass is 461 g/mol. The molecular formula is C22H24BrNO5. The van der Waals surface area contributed by atoms with Crippen LogP contribution in [0, 0.1) is 0 Å². The van der Waals surface area contributed by atoms with Gasteiger partial charge in [0.25, 0.3) is 0 Å². The fraction of sp³-hybridized carbons (Fsp3) is 0.318. The number of halogens is 1. The number of hydrogen-bond acceptors (Lipinski definition) is 5. The molecule has 0 radical (unpaired) electrons. The molecule has 2 aromatic rings. The maximum atomic E-state index is 12.8. The summed E-state index contributed by atoms with van der Waals surface area (Å²) in [5.41, 5.74) is 0.587. The van der Waals surface area contributed by atoms with Gasteiger partial charge in [0, 0.05) is 17.8 Å². The molecule has 0 aliphatic carbocycles. The van der Waals surface area contributed by atoms with Gasteiger partial charge in [-0.3, -0.25) is 4.79 Å². The average Bonchev–Trinajstić information content (AvgIpc) is 2.68. The summed E-state index contributed by atoms with van der Waals surface area (Å²) in [5, 5.41) is 2.48. The van der Waals surface area contributed by atoms with E-state index >= 15 is 0 Å². The molecule has 0 heterocycles. The van der Waals surface area contributed by atoms with E-state index in [4.69, 9.17) is 9.47 Å². The molecule has 0 fully saturated rings. The molecule has 0 saturated heterocycles. The van der Waals surface area contributed by atoms with Gasteiger partial charge in [-0.1, -0.05) is 58.4 Å². The number of carbonyl (C=O) groups excluding carboxylic acids is 3. The van der Waals surface area contributed by atoms with Gasteiger partial charge in [0.15, 0.2) is 0 Å². The maximum absolute atomic E-state index is 12.8. The normalized spacial score (nSPS) is 10.9. The van der Waals surface area contributed by atoms with Crippen LogP contribution in [0.1, 0.15) is 26.3 Å². The van der Waals surface area contributed by atoms with Gasteiger partial charge >= 0.3 is 11.9 Å². The third kappa shape index (κ3) is 5.44. The first-order valence-corrected chi connectivity index (χ1v) is 10.1. The van der Waals surface area contributed by atoms with E-state index in [1.54, 1.807) is 19.9 Å². The second kappa shape index (κ2) is 10.2. The molecule has 0 aliphatic rings. The number of nitrogens with one attached hydrogen (secondary N) is 1. The fourth-order valence-corrected chi connectivity index (χ4v) is 3.55. The summed E-state index contributed by atoms with van der Waals surface area (Å²) in [6.07, 6.45) is -0.0947. The molecule has 2 aromatic carbocycles. The Bertz CT molecular complexity index is 878. The summed E-state index contributed by atoms with van der Waals surface area (Å²) >= 11 is 3.53. The van der Waals surface area contributed by atoms with E-state index in [9.17, 15) is 14.4 Å². The molecule has 7 heteroatoms. The van der Waals surface area contributed by atoms with Crippen LogP contribution in [-0.2, 0) is 30.3 Å². The Balaban J connectivity index is 2.51. The van der Waals surface area contributed by atoms with E-state index in [1.807, 2.05) is 42.5 Å².